The molecule has 2 heterocycles. The Morgan fingerprint density at radius 3 is 2.55 bits per heavy atom. The third-order valence-corrected chi connectivity index (χ3v) is 4.72. The van der Waals surface area contributed by atoms with Crippen LogP contribution in [0, 0.1) is 0 Å². The molecule has 0 aromatic heterocycles. The minimum Gasteiger partial charge on any atom is -0.348 e. The molecule has 0 bridgehead atoms. The van der Waals surface area contributed by atoms with E-state index >= 15 is 0 Å². The van der Waals surface area contributed by atoms with Crippen molar-refractivity contribution < 1.29 is 9.47 Å². The van der Waals surface area contributed by atoms with Gasteiger partial charge in [0.05, 0.1) is 25.1 Å². The Bertz CT molecular complexity index is 518. The largest absolute Gasteiger partial charge is 0.348 e. The molecule has 0 radical (unpaired) electrons. The average molecular weight is 301 g/mol. The van der Waals surface area contributed by atoms with Crippen LogP contribution in [-0.2, 0) is 9.47 Å². The summed E-state index contributed by atoms with van der Waals surface area (Å²) in [6.07, 6.45) is 8.60. The van der Waals surface area contributed by atoms with Gasteiger partial charge >= 0.3 is 0 Å². The van der Waals surface area contributed by atoms with Gasteiger partial charge in [-0.25, -0.2) is 5.43 Å². The Labute approximate surface area is 131 Å². The standard InChI is InChI=1S/C17H23N3O2/c1-2-4-15(5-3-1)20-11-8-16(19-20)18-14-6-9-17(10-7-14)21-12-13-22-17/h1-5,8,11,14,16,18-19H,6-7,9-10,12-13H2. The number of hydrazine groups is 1. The van der Waals surface area contributed by atoms with Gasteiger partial charge in [0.25, 0.3) is 0 Å². The van der Waals surface area contributed by atoms with E-state index in [1.165, 1.54) is 0 Å². The SMILES string of the molecule is C1=CN(c2ccccc2)NC1NC1CCC2(CC1)OCCO2. The van der Waals surface area contributed by atoms with Crippen LogP contribution in [0.5, 0.6) is 0 Å². The van der Waals surface area contributed by atoms with Crippen LogP contribution in [0.15, 0.2) is 42.6 Å². The number of anilines is 1. The summed E-state index contributed by atoms with van der Waals surface area (Å²) in [5.74, 6) is -0.271. The van der Waals surface area contributed by atoms with Gasteiger partial charge in [0.15, 0.2) is 5.79 Å². The molecule has 1 aromatic carbocycles. The lowest BCUT2D eigenvalue weighted by molar-refractivity contribution is -0.179. The first-order chi connectivity index (χ1) is 10.8. The topological polar surface area (TPSA) is 45.8 Å². The molecule has 1 saturated carbocycles. The van der Waals surface area contributed by atoms with E-state index in [9.17, 15) is 0 Å². The van der Waals surface area contributed by atoms with E-state index in [2.05, 4.69) is 40.2 Å². The molecule has 1 aliphatic carbocycles. The highest BCUT2D eigenvalue weighted by molar-refractivity contribution is 5.49. The summed E-state index contributed by atoms with van der Waals surface area (Å²) in [5.41, 5.74) is 4.62. The Morgan fingerprint density at radius 2 is 1.82 bits per heavy atom. The van der Waals surface area contributed by atoms with Crippen LogP contribution in [0.3, 0.4) is 0 Å². The van der Waals surface area contributed by atoms with Crippen molar-refractivity contribution in [2.75, 3.05) is 18.2 Å². The number of rotatable bonds is 3. The lowest BCUT2D eigenvalue weighted by Crippen LogP contribution is -2.50. The van der Waals surface area contributed by atoms with Gasteiger partial charge in [0.1, 0.15) is 0 Å². The highest BCUT2D eigenvalue weighted by Gasteiger charge is 2.40. The molecule has 1 saturated heterocycles. The van der Waals surface area contributed by atoms with Crippen molar-refractivity contribution in [1.82, 2.24) is 10.7 Å². The van der Waals surface area contributed by atoms with Crippen molar-refractivity contribution in [3.63, 3.8) is 0 Å². The molecule has 5 nitrogen and oxygen atoms in total. The lowest BCUT2D eigenvalue weighted by Gasteiger charge is -2.36. The molecule has 5 heteroatoms. The summed E-state index contributed by atoms with van der Waals surface area (Å²) in [6, 6.07) is 10.8. The molecule has 1 spiro atoms. The average Bonchev–Trinajstić information content (AvgIpc) is 3.21. The molecule has 2 fully saturated rings. The van der Waals surface area contributed by atoms with Crippen LogP contribution in [0.4, 0.5) is 5.69 Å². The van der Waals surface area contributed by atoms with E-state index in [0.29, 0.717) is 6.04 Å². The zero-order valence-electron chi connectivity index (χ0n) is 12.7. The first-order valence-electron chi connectivity index (χ1n) is 8.16. The zero-order valence-corrected chi connectivity index (χ0v) is 12.7. The minimum absolute atomic E-state index is 0.185. The van der Waals surface area contributed by atoms with Crippen molar-refractivity contribution in [2.24, 2.45) is 0 Å². The highest BCUT2D eigenvalue weighted by Crippen LogP contribution is 2.35. The maximum atomic E-state index is 5.79. The molecule has 1 aromatic rings. The molecular weight excluding hydrogens is 278 g/mol. The fourth-order valence-electron chi connectivity index (χ4n) is 3.51. The smallest absolute Gasteiger partial charge is 0.168 e. The second-order valence-corrected chi connectivity index (χ2v) is 6.20. The fraction of sp³-hybridized carbons (Fsp3) is 0.529. The van der Waals surface area contributed by atoms with E-state index < -0.39 is 0 Å². The number of ether oxygens (including phenoxy) is 2. The molecule has 1 unspecified atom stereocenters. The normalized spacial score (nSPS) is 27.8. The predicted molar refractivity (Wildman–Crippen MR) is 85.0 cm³/mol. The van der Waals surface area contributed by atoms with Crippen LogP contribution >= 0.6 is 0 Å². The second-order valence-electron chi connectivity index (χ2n) is 6.20. The molecule has 2 N–H and O–H groups in total. The van der Waals surface area contributed by atoms with E-state index in [0.717, 1.165) is 44.6 Å². The van der Waals surface area contributed by atoms with Crippen LogP contribution in [0.1, 0.15) is 25.7 Å². The van der Waals surface area contributed by atoms with Crippen LogP contribution in [0.25, 0.3) is 0 Å². The van der Waals surface area contributed by atoms with Gasteiger partial charge in [-0.2, -0.15) is 0 Å². The molecule has 3 aliphatic rings. The molecule has 2 aliphatic heterocycles. The van der Waals surface area contributed by atoms with E-state index in [4.69, 9.17) is 9.47 Å². The summed E-state index contributed by atoms with van der Waals surface area (Å²) in [5, 5.41) is 5.73. The Morgan fingerprint density at radius 1 is 1.09 bits per heavy atom. The number of nitrogens with zero attached hydrogens (tertiary/aromatic N) is 1. The number of nitrogens with one attached hydrogen (secondary N) is 2. The maximum Gasteiger partial charge on any atom is 0.168 e. The van der Waals surface area contributed by atoms with Crippen LogP contribution < -0.4 is 15.8 Å². The summed E-state index contributed by atoms with van der Waals surface area (Å²) in [4.78, 5) is 0. The molecule has 0 amide bonds. The second kappa shape index (κ2) is 6.01. The van der Waals surface area contributed by atoms with Gasteiger partial charge in [0.2, 0.25) is 0 Å². The Hall–Kier alpha value is -1.40. The van der Waals surface area contributed by atoms with E-state index in [1.807, 2.05) is 18.2 Å². The third kappa shape index (κ3) is 2.90. The van der Waals surface area contributed by atoms with Gasteiger partial charge < -0.3 is 9.47 Å². The van der Waals surface area contributed by atoms with E-state index in [1.54, 1.807) is 0 Å². The first-order valence-corrected chi connectivity index (χ1v) is 8.16. The monoisotopic (exact) mass is 301 g/mol. The summed E-state index contributed by atoms with van der Waals surface area (Å²) >= 11 is 0. The molecule has 4 rings (SSSR count). The Kier molecular flexibility index (Phi) is 3.88. The van der Waals surface area contributed by atoms with Crippen molar-refractivity contribution in [3.8, 4) is 0 Å². The molecular formula is C17H23N3O2. The fourth-order valence-corrected chi connectivity index (χ4v) is 3.51. The van der Waals surface area contributed by atoms with E-state index in [-0.39, 0.29) is 12.0 Å². The van der Waals surface area contributed by atoms with Crippen molar-refractivity contribution in [3.05, 3.63) is 42.6 Å². The molecule has 1 atom stereocenters. The summed E-state index contributed by atoms with van der Waals surface area (Å²) in [6.45, 7) is 1.49. The first kappa shape index (κ1) is 14.2. The van der Waals surface area contributed by atoms with Crippen LogP contribution in [-0.4, -0.2) is 31.2 Å². The van der Waals surface area contributed by atoms with Crippen molar-refractivity contribution in [2.45, 2.75) is 43.7 Å². The quantitative estimate of drug-likeness (QED) is 0.895. The Balaban J connectivity index is 1.28. The molecule has 22 heavy (non-hydrogen) atoms. The van der Waals surface area contributed by atoms with Crippen molar-refractivity contribution in [1.29, 1.82) is 0 Å². The van der Waals surface area contributed by atoms with Gasteiger partial charge in [0, 0.05) is 25.1 Å². The van der Waals surface area contributed by atoms with Gasteiger partial charge in [-0.1, -0.05) is 18.2 Å². The number of hydrogen-bond acceptors (Lipinski definition) is 5. The number of para-hydroxylation sites is 1. The minimum atomic E-state index is -0.271. The predicted octanol–water partition coefficient (Wildman–Crippen LogP) is 2.13. The van der Waals surface area contributed by atoms with Crippen LogP contribution in [0.2, 0.25) is 0 Å². The third-order valence-electron chi connectivity index (χ3n) is 4.72. The zero-order chi connectivity index (χ0) is 14.8. The molecule has 118 valence electrons. The lowest BCUT2D eigenvalue weighted by atomic mass is 9.90. The summed E-state index contributed by atoms with van der Waals surface area (Å²) in [7, 11) is 0. The van der Waals surface area contributed by atoms with Gasteiger partial charge in [-0.05, 0) is 31.1 Å². The highest BCUT2D eigenvalue weighted by atomic mass is 16.7. The van der Waals surface area contributed by atoms with Gasteiger partial charge in [-0.15, -0.1) is 0 Å². The number of benzene rings is 1. The summed E-state index contributed by atoms with van der Waals surface area (Å²) < 4.78 is 11.6. The number of hydrogen-bond donors (Lipinski definition) is 2. The maximum absolute atomic E-state index is 5.79. The van der Waals surface area contributed by atoms with Crippen molar-refractivity contribution >= 4 is 5.69 Å². The van der Waals surface area contributed by atoms with Gasteiger partial charge in [-0.3, -0.25) is 10.3 Å².